The second-order valence-corrected chi connectivity index (χ2v) is 8.54. The molecular weight excluding hydrogens is 480 g/mol. The van der Waals surface area contributed by atoms with Gasteiger partial charge in [-0.1, -0.05) is 0 Å². The van der Waals surface area contributed by atoms with E-state index >= 15 is 0 Å². The van der Waals surface area contributed by atoms with Crippen molar-refractivity contribution in [1.82, 2.24) is 15.2 Å². The maximum atomic E-state index is 13.4. The van der Waals surface area contributed by atoms with Crippen LogP contribution in [0.2, 0.25) is 0 Å². The highest BCUT2D eigenvalue weighted by atomic mass is 16.6. The summed E-state index contributed by atoms with van der Waals surface area (Å²) >= 11 is 0. The van der Waals surface area contributed by atoms with Crippen molar-refractivity contribution in [2.75, 3.05) is 27.9 Å². The van der Waals surface area contributed by atoms with Gasteiger partial charge in [-0.05, 0) is 40.7 Å². The third-order valence-electron chi connectivity index (χ3n) is 5.07. The van der Waals surface area contributed by atoms with E-state index in [2.05, 4.69) is 10.5 Å². The normalized spacial score (nSPS) is 20.0. The molecule has 0 aromatic heterocycles. The average Bonchev–Trinajstić information content (AvgIpc) is 3.04. The van der Waals surface area contributed by atoms with Crippen LogP contribution in [0, 0.1) is 0 Å². The summed E-state index contributed by atoms with van der Waals surface area (Å²) < 4.78 is 19.8. The van der Waals surface area contributed by atoms with Gasteiger partial charge in [0.1, 0.15) is 16.9 Å². The first-order valence-electron chi connectivity index (χ1n) is 10.6. The lowest BCUT2D eigenvalue weighted by molar-refractivity contribution is -0.149. The van der Waals surface area contributed by atoms with Crippen LogP contribution in [0.1, 0.15) is 34.6 Å². The lowest BCUT2D eigenvalue weighted by Gasteiger charge is -2.39. The molecule has 2 aliphatic rings. The van der Waals surface area contributed by atoms with Gasteiger partial charge in [-0.15, -0.1) is 0 Å². The van der Waals surface area contributed by atoms with Crippen LogP contribution in [0.15, 0.2) is 28.0 Å². The maximum absolute atomic E-state index is 13.4. The van der Waals surface area contributed by atoms with Crippen LogP contribution in [0.5, 0.6) is 0 Å². The molecule has 2 rings (SSSR count). The molecule has 2 heterocycles. The molecule has 1 N–H and O–H groups in total. The van der Waals surface area contributed by atoms with E-state index in [1.54, 1.807) is 20.8 Å². The molecule has 1 unspecified atom stereocenters. The Kier molecular flexibility index (Phi) is 7.92. The predicted molar refractivity (Wildman–Crippen MR) is 121 cm³/mol. The van der Waals surface area contributed by atoms with E-state index in [1.807, 2.05) is 0 Å². The Labute approximate surface area is 206 Å². The summed E-state index contributed by atoms with van der Waals surface area (Å²) in [5.41, 5.74) is -3.22. The molecule has 196 valence electrons. The Morgan fingerprint density at radius 2 is 1.67 bits per heavy atom. The number of carbonyl (C=O) groups excluding carboxylic acids is 6. The zero-order chi connectivity index (χ0) is 27.6. The number of carbonyl (C=O) groups is 6. The third kappa shape index (κ3) is 4.78. The van der Waals surface area contributed by atoms with Crippen LogP contribution in [0.3, 0.4) is 0 Å². The molecule has 0 aliphatic carbocycles. The number of likely N-dealkylation sites (N-methyl/N-ethyl adjacent to an activating group) is 1. The SMILES string of the molecule is CCOC(=O)C1(/C(C)=N/NC(=O)OC(C)(C)C)C=C(C(=O)OC)C(C(=O)OC)=C2C(=O)N(C)C(=O)N21. The lowest BCUT2D eigenvalue weighted by Crippen LogP contribution is -2.61. The molecule has 1 fully saturated rings. The Morgan fingerprint density at radius 3 is 2.17 bits per heavy atom. The van der Waals surface area contributed by atoms with Crippen LogP contribution in [0.4, 0.5) is 9.59 Å². The number of hydrogen-bond acceptors (Lipinski definition) is 11. The second kappa shape index (κ2) is 10.2. The maximum Gasteiger partial charge on any atom is 0.428 e. The highest BCUT2D eigenvalue weighted by Crippen LogP contribution is 2.41. The Bertz CT molecular complexity index is 1110. The molecule has 1 saturated heterocycles. The summed E-state index contributed by atoms with van der Waals surface area (Å²) in [5.74, 6) is -4.38. The number of urea groups is 1. The van der Waals surface area contributed by atoms with Crippen LogP contribution < -0.4 is 5.43 Å². The minimum absolute atomic E-state index is 0.163. The summed E-state index contributed by atoms with van der Waals surface area (Å²) in [6, 6.07) is -1.03. The topological polar surface area (TPSA) is 170 Å². The number of fused-ring (bicyclic) bond motifs is 1. The number of methoxy groups -OCH3 is 2. The molecule has 0 bridgehead atoms. The number of imide groups is 1. The number of ether oxygens (including phenoxy) is 4. The molecule has 36 heavy (non-hydrogen) atoms. The molecule has 14 heteroatoms. The monoisotopic (exact) mass is 508 g/mol. The van der Waals surface area contributed by atoms with Crippen molar-refractivity contribution >= 4 is 41.7 Å². The van der Waals surface area contributed by atoms with Crippen LogP contribution in [-0.4, -0.2) is 90.5 Å². The van der Waals surface area contributed by atoms with Crippen molar-refractivity contribution in [3.05, 3.63) is 22.9 Å². The van der Waals surface area contributed by atoms with E-state index in [4.69, 9.17) is 18.9 Å². The first-order valence-corrected chi connectivity index (χ1v) is 10.6. The molecule has 4 amide bonds. The van der Waals surface area contributed by atoms with E-state index in [0.717, 1.165) is 27.3 Å². The van der Waals surface area contributed by atoms with E-state index in [-0.39, 0.29) is 12.3 Å². The van der Waals surface area contributed by atoms with Crippen LogP contribution in [-0.2, 0) is 38.1 Å². The van der Waals surface area contributed by atoms with Crippen molar-refractivity contribution in [2.45, 2.75) is 45.8 Å². The van der Waals surface area contributed by atoms with Crippen LogP contribution >= 0.6 is 0 Å². The number of hydrogen-bond donors (Lipinski definition) is 1. The van der Waals surface area contributed by atoms with Crippen molar-refractivity contribution in [1.29, 1.82) is 0 Å². The number of esters is 3. The van der Waals surface area contributed by atoms with Gasteiger partial charge >= 0.3 is 30.0 Å². The molecule has 14 nitrogen and oxygen atoms in total. The summed E-state index contributed by atoms with van der Waals surface area (Å²) in [6.45, 7) is 7.42. The second-order valence-electron chi connectivity index (χ2n) is 8.54. The summed E-state index contributed by atoms with van der Waals surface area (Å²) in [7, 11) is 3.13. The number of nitrogens with zero attached hydrogens (tertiary/aromatic N) is 3. The molecule has 0 spiro atoms. The molecule has 0 radical (unpaired) electrons. The molecule has 0 aromatic carbocycles. The largest absolute Gasteiger partial charge is 0.465 e. The van der Waals surface area contributed by atoms with Gasteiger partial charge in [-0.25, -0.2) is 29.4 Å². The number of hydrazone groups is 1. The fraction of sp³-hybridized carbons (Fsp3) is 0.500. The number of nitrogens with one attached hydrogen (secondary N) is 1. The van der Waals surface area contributed by atoms with Gasteiger partial charge < -0.3 is 18.9 Å². The quantitative estimate of drug-likeness (QED) is 0.176. The summed E-state index contributed by atoms with van der Waals surface area (Å²) in [5, 5.41) is 3.89. The van der Waals surface area contributed by atoms with Gasteiger partial charge in [-0.3, -0.25) is 14.6 Å². The lowest BCUT2D eigenvalue weighted by atomic mass is 9.82. The number of rotatable bonds is 6. The van der Waals surface area contributed by atoms with Crippen molar-refractivity contribution in [3.8, 4) is 0 Å². The van der Waals surface area contributed by atoms with E-state index in [0.29, 0.717) is 9.80 Å². The molecule has 0 saturated carbocycles. The van der Waals surface area contributed by atoms with Gasteiger partial charge in [0.2, 0.25) is 5.54 Å². The highest BCUT2D eigenvalue weighted by molar-refractivity contribution is 6.26. The van der Waals surface area contributed by atoms with Gasteiger partial charge in [0.15, 0.2) is 0 Å². The predicted octanol–water partition coefficient (Wildman–Crippen LogP) is 0.623. The van der Waals surface area contributed by atoms with Crippen molar-refractivity contribution < 1.29 is 47.7 Å². The minimum atomic E-state index is -2.38. The fourth-order valence-corrected chi connectivity index (χ4v) is 3.51. The first kappa shape index (κ1) is 28.0. The molecule has 0 aromatic rings. The fourth-order valence-electron chi connectivity index (χ4n) is 3.51. The van der Waals surface area contributed by atoms with E-state index in [1.165, 1.54) is 13.8 Å². The number of amides is 4. The minimum Gasteiger partial charge on any atom is -0.465 e. The molecule has 2 aliphatic heterocycles. The van der Waals surface area contributed by atoms with Gasteiger partial charge in [0.25, 0.3) is 5.91 Å². The average molecular weight is 508 g/mol. The summed E-state index contributed by atoms with van der Waals surface area (Å²) in [4.78, 5) is 78.6. The Balaban J connectivity index is 2.89. The standard InChI is InChI=1S/C22H28N4O10/c1-9-35-18(30)22(11(2)23-24-19(31)36-21(3,4)5)10-12(16(28)33-7)13(17(29)34-8)14-15(27)25(6)20(32)26(14)22/h10H,9H2,1-8H3,(H,24,31)/b23-11+. The Hall–Kier alpha value is -4.23. The zero-order valence-corrected chi connectivity index (χ0v) is 21.2. The zero-order valence-electron chi connectivity index (χ0n) is 21.2. The third-order valence-corrected chi connectivity index (χ3v) is 5.07. The van der Waals surface area contributed by atoms with E-state index in [9.17, 15) is 28.8 Å². The van der Waals surface area contributed by atoms with E-state index < -0.39 is 63.9 Å². The molecular formula is C22H28N4O10. The smallest absolute Gasteiger partial charge is 0.428 e. The molecule has 1 atom stereocenters. The Morgan fingerprint density at radius 1 is 1.08 bits per heavy atom. The van der Waals surface area contributed by atoms with Gasteiger partial charge in [0.05, 0.1) is 32.1 Å². The van der Waals surface area contributed by atoms with Crippen molar-refractivity contribution in [3.63, 3.8) is 0 Å². The summed E-state index contributed by atoms with van der Waals surface area (Å²) in [6.07, 6.45) is -0.0761. The van der Waals surface area contributed by atoms with Crippen molar-refractivity contribution in [2.24, 2.45) is 5.10 Å². The van der Waals surface area contributed by atoms with Crippen LogP contribution in [0.25, 0.3) is 0 Å². The van der Waals surface area contributed by atoms with Gasteiger partial charge in [0, 0.05) is 7.05 Å². The first-order chi connectivity index (χ1) is 16.7. The van der Waals surface area contributed by atoms with Gasteiger partial charge in [-0.2, -0.15) is 5.10 Å². The highest BCUT2D eigenvalue weighted by Gasteiger charge is 2.61.